The van der Waals surface area contributed by atoms with Crippen LogP contribution < -0.4 is 9.47 Å². The highest BCUT2D eigenvalue weighted by atomic mass is 16.5. The molecule has 1 aliphatic rings. The van der Waals surface area contributed by atoms with Gasteiger partial charge in [0.25, 0.3) is 0 Å². The van der Waals surface area contributed by atoms with Crippen LogP contribution in [0.5, 0.6) is 17.2 Å². The number of ether oxygens (including phenoxy) is 2. The first-order valence-electron chi connectivity index (χ1n) is 12.5. The summed E-state index contributed by atoms with van der Waals surface area (Å²) in [7, 11) is 1.53. The number of methoxy groups -OCH3 is 1. The van der Waals surface area contributed by atoms with Crippen LogP contribution in [0, 0.1) is 0 Å². The van der Waals surface area contributed by atoms with Crippen molar-refractivity contribution in [3.8, 4) is 28.4 Å². The van der Waals surface area contributed by atoms with Crippen molar-refractivity contribution in [3.63, 3.8) is 0 Å². The Labute approximate surface area is 219 Å². The number of hydrogen-bond acceptors (Lipinski definition) is 4. The summed E-state index contributed by atoms with van der Waals surface area (Å²) in [5, 5.41) is 10.2. The van der Waals surface area contributed by atoms with Crippen molar-refractivity contribution in [2.24, 2.45) is 0 Å². The number of carbonyl (C=O) groups is 2. The maximum atomic E-state index is 12.4. The van der Waals surface area contributed by atoms with E-state index in [-0.39, 0.29) is 16.4 Å². The summed E-state index contributed by atoms with van der Waals surface area (Å²) in [5.74, 6) is 0.446. The maximum absolute atomic E-state index is 12.4. The lowest BCUT2D eigenvalue weighted by Gasteiger charge is -2.38. The highest BCUT2D eigenvalue weighted by Crippen LogP contribution is 2.54. The molecule has 0 bridgehead atoms. The van der Waals surface area contributed by atoms with E-state index in [1.54, 1.807) is 18.2 Å². The molecule has 0 aromatic heterocycles. The number of hydrogen-bond donors (Lipinski definition) is 1. The van der Waals surface area contributed by atoms with Crippen LogP contribution in [-0.2, 0) is 16.2 Å². The molecule has 0 aliphatic carbocycles. The van der Waals surface area contributed by atoms with Gasteiger partial charge in [-0.15, -0.1) is 0 Å². The zero-order valence-corrected chi connectivity index (χ0v) is 23.2. The third-order valence-electron chi connectivity index (χ3n) is 7.36. The van der Waals surface area contributed by atoms with E-state index in [1.807, 2.05) is 6.07 Å². The molecule has 5 nitrogen and oxygen atoms in total. The lowest BCUT2D eigenvalue weighted by Crippen LogP contribution is -2.28. The molecule has 0 saturated carbocycles. The second-order valence-corrected chi connectivity index (χ2v) is 12.4. The molecule has 37 heavy (non-hydrogen) atoms. The van der Waals surface area contributed by atoms with Gasteiger partial charge in [-0.2, -0.15) is 0 Å². The lowest BCUT2D eigenvalue weighted by molar-refractivity contribution is 0.0693. The minimum atomic E-state index is -1.03. The van der Waals surface area contributed by atoms with E-state index in [4.69, 9.17) is 9.47 Å². The number of carboxylic acid groups (broad SMARTS) is 1. The molecule has 3 aromatic rings. The van der Waals surface area contributed by atoms with Crippen molar-refractivity contribution >= 4 is 12.3 Å². The number of carbonyl (C=O) groups excluding carboxylic acids is 1. The molecule has 0 unspecified atom stereocenters. The molecule has 3 aromatic carbocycles. The molecule has 1 N–H and O–H groups in total. The molecule has 0 spiro atoms. The van der Waals surface area contributed by atoms with Crippen molar-refractivity contribution < 1.29 is 24.2 Å². The SMILES string of the molecule is COc1ccc(-c2cc(C(C)(C)C)cc3c2Oc2c(C(=O)O)cc(C(C)(C)C)cc2C3(C)C)cc1C=O. The minimum absolute atomic E-state index is 0.148. The topological polar surface area (TPSA) is 72.8 Å². The second-order valence-electron chi connectivity index (χ2n) is 12.4. The molecule has 5 heteroatoms. The maximum Gasteiger partial charge on any atom is 0.339 e. The quantitative estimate of drug-likeness (QED) is 0.369. The summed E-state index contributed by atoms with van der Waals surface area (Å²) in [5.41, 5.74) is 5.17. The van der Waals surface area contributed by atoms with Gasteiger partial charge in [0, 0.05) is 22.1 Å². The van der Waals surface area contributed by atoms with E-state index < -0.39 is 11.4 Å². The predicted molar refractivity (Wildman–Crippen MR) is 147 cm³/mol. The van der Waals surface area contributed by atoms with Gasteiger partial charge in [-0.1, -0.05) is 73.6 Å². The molecule has 0 amide bonds. The van der Waals surface area contributed by atoms with E-state index in [2.05, 4.69) is 73.6 Å². The van der Waals surface area contributed by atoms with Crippen LogP contribution in [0.3, 0.4) is 0 Å². The zero-order valence-electron chi connectivity index (χ0n) is 23.2. The zero-order chi connectivity index (χ0) is 27.5. The van der Waals surface area contributed by atoms with Gasteiger partial charge in [-0.05, 0) is 51.8 Å². The molecule has 0 atom stereocenters. The van der Waals surface area contributed by atoms with Crippen LogP contribution in [0.2, 0.25) is 0 Å². The van der Waals surface area contributed by atoms with E-state index >= 15 is 0 Å². The van der Waals surface area contributed by atoms with Gasteiger partial charge in [0.05, 0.1) is 12.7 Å². The van der Waals surface area contributed by atoms with Crippen LogP contribution >= 0.6 is 0 Å². The smallest absolute Gasteiger partial charge is 0.339 e. The monoisotopic (exact) mass is 500 g/mol. The van der Waals surface area contributed by atoms with Gasteiger partial charge in [-0.25, -0.2) is 4.79 Å². The Morgan fingerprint density at radius 3 is 1.97 bits per heavy atom. The van der Waals surface area contributed by atoms with E-state index in [0.717, 1.165) is 39.7 Å². The van der Waals surface area contributed by atoms with E-state index in [1.165, 1.54) is 7.11 Å². The number of aldehydes is 1. The van der Waals surface area contributed by atoms with Crippen LogP contribution in [0.25, 0.3) is 11.1 Å². The summed E-state index contributed by atoms with van der Waals surface area (Å²) < 4.78 is 11.9. The first kappa shape index (κ1) is 26.5. The van der Waals surface area contributed by atoms with Crippen molar-refractivity contribution in [3.05, 3.63) is 75.8 Å². The molecule has 1 heterocycles. The van der Waals surface area contributed by atoms with Crippen molar-refractivity contribution in [2.45, 2.75) is 71.6 Å². The summed E-state index contributed by atoms with van der Waals surface area (Å²) in [6.07, 6.45) is 0.777. The van der Waals surface area contributed by atoms with Gasteiger partial charge >= 0.3 is 5.97 Å². The normalized spacial score (nSPS) is 14.3. The van der Waals surface area contributed by atoms with Crippen LogP contribution in [0.1, 0.15) is 98.4 Å². The fraction of sp³-hybridized carbons (Fsp3) is 0.375. The van der Waals surface area contributed by atoms with Gasteiger partial charge < -0.3 is 14.6 Å². The summed E-state index contributed by atoms with van der Waals surface area (Å²) >= 11 is 0. The first-order valence-corrected chi connectivity index (χ1v) is 12.5. The van der Waals surface area contributed by atoms with Crippen LogP contribution in [0.4, 0.5) is 0 Å². The van der Waals surface area contributed by atoms with Crippen molar-refractivity contribution in [2.75, 3.05) is 7.11 Å². The molecule has 0 fully saturated rings. The Balaban J connectivity index is 2.08. The van der Waals surface area contributed by atoms with E-state index in [9.17, 15) is 14.7 Å². The van der Waals surface area contributed by atoms with Crippen molar-refractivity contribution in [1.29, 1.82) is 0 Å². The Morgan fingerprint density at radius 1 is 0.892 bits per heavy atom. The fourth-order valence-corrected chi connectivity index (χ4v) is 4.89. The Hall–Kier alpha value is -3.60. The van der Waals surface area contributed by atoms with Gasteiger partial charge in [0.2, 0.25) is 0 Å². The molecular weight excluding hydrogens is 464 g/mol. The van der Waals surface area contributed by atoms with Gasteiger partial charge in [0.15, 0.2) is 6.29 Å². The molecule has 0 saturated heterocycles. The third-order valence-corrected chi connectivity index (χ3v) is 7.36. The molecule has 4 rings (SSSR count). The summed E-state index contributed by atoms with van der Waals surface area (Å²) in [4.78, 5) is 24.2. The minimum Gasteiger partial charge on any atom is -0.496 e. The number of carboxylic acids is 1. The van der Waals surface area contributed by atoms with Crippen LogP contribution in [0.15, 0.2) is 42.5 Å². The average Bonchev–Trinajstić information content (AvgIpc) is 2.81. The molecule has 194 valence electrons. The molecule has 1 aliphatic heterocycles. The van der Waals surface area contributed by atoms with Gasteiger partial charge in [-0.3, -0.25) is 4.79 Å². The Kier molecular flexibility index (Phi) is 6.26. The Bertz CT molecular complexity index is 1410. The first-order chi connectivity index (χ1) is 17.1. The predicted octanol–water partition coefficient (Wildman–Crippen LogP) is 7.90. The van der Waals surface area contributed by atoms with Crippen molar-refractivity contribution in [1.82, 2.24) is 0 Å². The standard InChI is InChI=1S/C32H36O5/c1-30(2,3)20-13-22(18-10-11-26(36-9)19(12-18)17-33)27-24(15-20)32(7,8)25-16-21(31(4,5)6)14-23(29(34)35)28(25)37-27/h10-17H,1-9H3,(H,34,35). The van der Waals surface area contributed by atoms with Crippen LogP contribution in [-0.4, -0.2) is 24.5 Å². The second kappa shape index (κ2) is 8.76. The summed E-state index contributed by atoms with van der Waals surface area (Å²) in [6.45, 7) is 17.0. The molecule has 0 radical (unpaired) electrons. The largest absolute Gasteiger partial charge is 0.496 e. The average molecular weight is 501 g/mol. The number of fused-ring (bicyclic) bond motifs is 2. The third kappa shape index (κ3) is 4.52. The Morgan fingerprint density at radius 2 is 1.46 bits per heavy atom. The highest BCUT2D eigenvalue weighted by molar-refractivity contribution is 5.93. The number of aromatic carboxylic acids is 1. The number of benzene rings is 3. The summed E-state index contributed by atoms with van der Waals surface area (Å²) in [6, 6.07) is 13.5. The fourth-order valence-electron chi connectivity index (χ4n) is 4.89. The molecular formula is C32H36O5. The van der Waals surface area contributed by atoms with Gasteiger partial charge in [0.1, 0.15) is 22.8 Å². The number of rotatable bonds is 4. The lowest BCUT2D eigenvalue weighted by atomic mass is 9.70. The van der Waals surface area contributed by atoms with E-state index in [0.29, 0.717) is 22.8 Å². The highest BCUT2D eigenvalue weighted by Gasteiger charge is 2.40.